The average molecular weight is 242 g/mol. The van der Waals surface area contributed by atoms with Crippen LogP contribution >= 0.6 is 0 Å². The zero-order chi connectivity index (χ0) is 11.9. The first-order valence-electron chi connectivity index (χ1n) is 4.87. The van der Waals surface area contributed by atoms with E-state index in [0.717, 1.165) is 0 Å². The molecule has 0 heterocycles. The number of halogens is 3. The molecule has 0 spiro atoms. The normalized spacial score (nSPS) is 12.9. The van der Waals surface area contributed by atoms with E-state index in [-0.39, 0.29) is 6.04 Å². The SMILES string of the molecule is C=C[Si](CCC(F)(F)F)(OCC)OCC. The standard InChI is InChI=1S/C9H17F3O2Si/c1-4-13-15(6-3,14-5-2)8-7-9(10,11)12/h6H,3-5,7-8H2,1-2H3. The molecule has 0 aliphatic carbocycles. The summed E-state index contributed by atoms with van der Waals surface area (Å²) in [5.41, 5.74) is 1.42. The fourth-order valence-corrected chi connectivity index (χ4v) is 3.63. The highest BCUT2D eigenvalue weighted by Gasteiger charge is 2.39. The summed E-state index contributed by atoms with van der Waals surface area (Å²) in [6, 6.07) is -0.123. The van der Waals surface area contributed by atoms with Gasteiger partial charge in [-0.05, 0) is 19.5 Å². The fraction of sp³-hybridized carbons (Fsp3) is 0.778. The van der Waals surface area contributed by atoms with Gasteiger partial charge in [-0.1, -0.05) is 0 Å². The van der Waals surface area contributed by atoms with Crippen molar-refractivity contribution in [1.82, 2.24) is 0 Å². The van der Waals surface area contributed by atoms with E-state index in [0.29, 0.717) is 13.2 Å². The third kappa shape index (κ3) is 5.96. The molecule has 0 N–H and O–H groups in total. The van der Waals surface area contributed by atoms with Crippen LogP contribution in [0.5, 0.6) is 0 Å². The lowest BCUT2D eigenvalue weighted by Crippen LogP contribution is -2.41. The Kier molecular flexibility index (Phi) is 6.15. The average Bonchev–Trinajstić information content (AvgIpc) is 2.14. The van der Waals surface area contributed by atoms with Crippen LogP contribution in [0.25, 0.3) is 0 Å². The van der Waals surface area contributed by atoms with Crippen molar-refractivity contribution in [2.24, 2.45) is 0 Å². The van der Waals surface area contributed by atoms with Crippen LogP contribution in [-0.2, 0) is 8.85 Å². The summed E-state index contributed by atoms with van der Waals surface area (Å²) < 4.78 is 46.9. The van der Waals surface area contributed by atoms with Gasteiger partial charge in [-0.3, -0.25) is 0 Å². The molecule has 0 saturated carbocycles. The van der Waals surface area contributed by atoms with E-state index in [9.17, 15) is 13.2 Å². The van der Waals surface area contributed by atoms with Gasteiger partial charge in [0.2, 0.25) is 0 Å². The molecule has 0 aromatic rings. The van der Waals surface area contributed by atoms with E-state index in [2.05, 4.69) is 6.58 Å². The molecular weight excluding hydrogens is 225 g/mol. The molecule has 15 heavy (non-hydrogen) atoms. The van der Waals surface area contributed by atoms with Crippen molar-refractivity contribution in [3.05, 3.63) is 12.3 Å². The molecule has 0 aromatic carbocycles. The van der Waals surface area contributed by atoms with Crippen LogP contribution < -0.4 is 0 Å². The molecule has 0 aromatic heterocycles. The summed E-state index contributed by atoms with van der Waals surface area (Å²) in [5, 5.41) is 0. The van der Waals surface area contributed by atoms with E-state index >= 15 is 0 Å². The molecule has 0 aliphatic rings. The van der Waals surface area contributed by atoms with E-state index in [1.54, 1.807) is 13.8 Å². The van der Waals surface area contributed by atoms with Gasteiger partial charge in [0.1, 0.15) is 0 Å². The Bertz CT molecular complexity index is 188. The maximum absolute atomic E-state index is 12.1. The highest BCUT2D eigenvalue weighted by atomic mass is 28.4. The minimum atomic E-state index is -4.17. The lowest BCUT2D eigenvalue weighted by molar-refractivity contribution is -0.131. The van der Waals surface area contributed by atoms with Gasteiger partial charge >= 0.3 is 14.7 Å². The van der Waals surface area contributed by atoms with Crippen molar-refractivity contribution in [3.63, 3.8) is 0 Å². The Hall–Kier alpha value is -0.333. The summed E-state index contributed by atoms with van der Waals surface area (Å²) >= 11 is 0. The van der Waals surface area contributed by atoms with Crippen LogP contribution in [-0.4, -0.2) is 28.0 Å². The van der Waals surface area contributed by atoms with Crippen molar-refractivity contribution in [2.45, 2.75) is 32.5 Å². The van der Waals surface area contributed by atoms with Gasteiger partial charge in [0, 0.05) is 25.7 Å². The van der Waals surface area contributed by atoms with E-state index in [1.807, 2.05) is 0 Å². The molecule has 90 valence electrons. The summed E-state index contributed by atoms with van der Waals surface area (Å²) in [5.74, 6) is 0. The first kappa shape index (κ1) is 14.7. The van der Waals surface area contributed by atoms with Gasteiger partial charge in [-0.2, -0.15) is 13.2 Å². The summed E-state index contributed by atoms with van der Waals surface area (Å²) in [6.45, 7) is 7.67. The van der Waals surface area contributed by atoms with Gasteiger partial charge in [-0.25, -0.2) is 0 Å². The predicted molar refractivity (Wildman–Crippen MR) is 54.7 cm³/mol. The van der Waals surface area contributed by atoms with Crippen molar-refractivity contribution >= 4 is 8.56 Å². The minimum Gasteiger partial charge on any atom is -0.392 e. The highest BCUT2D eigenvalue weighted by Crippen LogP contribution is 2.27. The molecule has 0 radical (unpaired) electrons. The van der Waals surface area contributed by atoms with Gasteiger partial charge in [0.25, 0.3) is 0 Å². The smallest absolute Gasteiger partial charge is 0.389 e. The first-order valence-corrected chi connectivity index (χ1v) is 6.97. The van der Waals surface area contributed by atoms with E-state index < -0.39 is 21.2 Å². The van der Waals surface area contributed by atoms with Crippen molar-refractivity contribution in [1.29, 1.82) is 0 Å². The lowest BCUT2D eigenvalue weighted by atomic mass is 10.5. The monoisotopic (exact) mass is 242 g/mol. The molecule has 2 nitrogen and oxygen atoms in total. The number of rotatable bonds is 7. The minimum absolute atomic E-state index is 0.123. The second-order valence-corrected chi connectivity index (χ2v) is 6.11. The Labute approximate surface area is 89.3 Å². The fourth-order valence-electron chi connectivity index (χ4n) is 1.21. The largest absolute Gasteiger partial charge is 0.392 e. The Morgan fingerprint density at radius 1 is 1.20 bits per heavy atom. The van der Waals surface area contributed by atoms with Gasteiger partial charge in [0.15, 0.2) is 0 Å². The van der Waals surface area contributed by atoms with Gasteiger partial charge < -0.3 is 8.85 Å². The third-order valence-corrected chi connectivity index (χ3v) is 4.97. The second kappa shape index (κ2) is 6.29. The Balaban J connectivity index is 4.40. The molecular formula is C9H17F3O2Si. The van der Waals surface area contributed by atoms with Crippen molar-refractivity contribution in [3.8, 4) is 0 Å². The molecule has 0 bridgehead atoms. The Morgan fingerprint density at radius 2 is 1.67 bits per heavy atom. The zero-order valence-electron chi connectivity index (χ0n) is 9.06. The van der Waals surface area contributed by atoms with Crippen LogP contribution in [0.3, 0.4) is 0 Å². The van der Waals surface area contributed by atoms with E-state index in [4.69, 9.17) is 8.85 Å². The molecule has 0 aliphatic heterocycles. The molecule has 0 saturated heterocycles. The van der Waals surface area contributed by atoms with Crippen LogP contribution in [0, 0.1) is 0 Å². The summed E-state index contributed by atoms with van der Waals surface area (Å²) in [7, 11) is -2.84. The number of alkyl halides is 3. The van der Waals surface area contributed by atoms with Crippen LogP contribution in [0.1, 0.15) is 20.3 Å². The maximum Gasteiger partial charge on any atom is 0.389 e. The maximum atomic E-state index is 12.1. The number of hydrogen-bond donors (Lipinski definition) is 0. The van der Waals surface area contributed by atoms with Gasteiger partial charge in [0.05, 0.1) is 0 Å². The molecule has 0 amide bonds. The predicted octanol–water partition coefficient (Wildman–Crippen LogP) is 3.18. The molecule has 0 fully saturated rings. The van der Waals surface area contributed by atoms with Crippen LogP contribution in [0.4, 0.5) is 13.2 Å². The van der Waals surface area contributed by atoms with E-state index in [1.165, 1.54) is 5.70 Å². The third-order valence-electron chi connectivity index (χ3n) is 1.85. The quantitative estimate of drug-likeness (QED) is 0.638. The van der Waals surface area contributed by atoms with Crippen LogP contribution in [0.2, 0.25) is 6.04 Å². The lowest BCUT2D eigenvalue weighted by Gasteiger charge is -2.26. The van der Waals surface area contributed by atoms with Crippen molar-refractivity contribution < 1.29 is 22.0 Å². The Morgan fingerprint density at radius 3 is 1.93 bits per heavy atom. The second-order valence-electron chi connectivity index (χ2n) is 3.00. The first-order chi connectivity index (χ1) is 6.89. The van der Waals surface area contributed by atoms with Crippen molar-refractivity contribution in [2.75, 3.05) is 13.2 Å². The molecule has 6 heteroatoms. The summed E-state index contributed by atoms with van der Waals surface area (Å²) in [6.07, 6.45) is -5.05. The van der Waals surface area contributed by atoms with Crippen LogP contribution in [0.15, 0.2) is 12.3 Å². The summed E-state index contributed by atoms with van der Waals surface area (Å²) in [4.78, 5) is 0. The molecule has 0 unspecified atom stereocenters. The number of hydrogen-bond acceptors (Lipinski definition) is 2. The molecule has 0 atom stereocenters. The van der Waals surface area contributed by atoms with Gasteiger partial charge in [-0.15, -0.1) is 6.58 Å². The topological polar surface area (TPSA) is 18.5 Å². The highest BCUT2D eigenvalue weighted by molar-refractivity contribution is 6.72. The molecule has 0 rings (SSSR count). The zero-order valence-corrected chi connectivity index (χ0v) is 10.1.